The highest BCUT2D eigenvalue weighted by Gasteiger charge is 2.10. The van der Waals surface area contributed by atoms with Gasteiger partial charge in [-0.05, 0) is 17.5 Å². The number of nitrogens with two attached hydrogens (primary N) is 1. The Bertz CT molecular complexity index is 789. The average molecular weight is 288 g/mol. The molecule has 0 unspecified atom stereocenters. The predicted octanol–water partition coefficient (Wildman–Crippen LogP) is 3.03. The van der Waals surface area contributed by atoms with E-state index in [-0.39, 0.29) is 6.61 Å². The van der Waals surface area contributed by atoms with Crippen LogP contribution in [0.25, 0.3) is 21.7 Å². The van der Waals surface area contributed by atoms with E-state index in [0.29, 0.717) is 22.8 Å². The number of anilines is 2. The van der Waals surface area contributed by atoms with Crippen molar-refractivity contribution in [3.8, 4) is 0 Å². The lowest BCUT2D eigenvalue weighted by Crippen LogP contribution is -2.08. The van der Waals surface area contributed by atoms with Crippen LogP contribution in [0.1, 0.15) is 0 Å². The second kappa shape index (κ2) is 5.15. The van der Waals surface area contributed by atoms with Crippen LogP contribution in [-0.4, -0.2) is 23.2 Å². The maximum Gasteiger partial charge on any atom is 0.134 e. The summed E-state index contributed by atoms with van der Waals surface area (Å²) in [5.74, 6) is 0.719. The number of halogens is 1. The third-order valence-electron chi connectivity index (χ3n) is 3.20. The van der Waals surface area contributed by atoms with Crippen molar-refractivity contribution >= 4 is 44.8 Å². The largest absolute Gasteiger partial charge is 0.397 e. The van der Waals surface area contributed by atoms with Gasteiger partial charge in [0.05, 0.1) is 17.8 Å². The number of hydrogen-bond acceptors (Lipinski definition) is 4. The third kappa shape index (κ3) is 2.13. The van der Waals surface area contributed by atoms with E-state index in [1.54, 1.807) is 6.07 Å². The van der Waals surface area contributed by atoms with Gasteiger partial charge in [0.1, 0.15) is 5.82 Å². The van der Waals surface area contributed by atoms with Crippen molar-refractivity contribution in [2.24, 2.45) is 0 Å². The van der Waals surface area contributed by atoms with Crippen LogP contribution in [0.4, 0.5) is 11.5 Å². The van der Waals surface area contributed by atoms with Gasteiger partial charge in [-0.25, -0.2) is 4.98 Å². The predicted molar refractivity (Wildman–Crippen MR) is 84.2 cm³/mol. The van der Waals surface area contributed by atoms with Crippen molar-refractivity contribution < 1.29 is 5.11 Å². The first-order valence-corrected chi connectivity index (χ1v) is 6.70. The highest BCUT2D eigenvalue weighted by molar-refractivity contribution is 6.32. The Balaban J connectivity index is 2.38. The van der Waals surface area contributed by atoms with Crippen molar-refractivity contribution in [1.29, 1.82) is 0 Å². The quantitative estimate of drug-likeness (QED) is 0.511. The lowest BCUT2D eigenvalue weighted by molar-refractivity contribution is 0.311. The van der Waals surface area contributed by atoms with Crippen molar-refractivity contribution in [3.05, 3.63) is 41.4 Å². The molecule has 0 radical (unpaired) electrons. The number of pyridine rings is 1. The van der Waals surface area contributed by atoms with Crippen molar-refractivity contribution in [2.45, 2.75) is 0 Å². The number of benzene rings is 2. The Morgan fingerprint density at radius 2 is 1.90 bits per heavy atom. The molecular formula is C15H14ClN3O. The molecule has 0 bridgehead atoms. The molecule has 1 aromatic heterocycles. The zero-order chi connectivity index (χ0) is 14.1. The van der Waals surface area contributed by atoms with E-state index >= 15 is 0 Å². The number of hydrogen-bond donors (Lipinski definition) is 3. The molecule has 4 nitrogen and oxygen atoms in total. The van der Waals surface area contributed by atoms with Gasteiger partial charge in [-0.15, -0.1) is 0 Å². The zero-order valence-electron chi connectivity index (χ0n) is 10.7. The minimum absolute atomic E-state index is 0.0458. The Hall–Kier alpha value is -2.04. The molecule has 3 rings (SSSR count). The summed E-state index contributed by atoms with van der Waals surface area (Å²) in [6.07, 6.45) is 0. The number of nitrogen functional groups attached to an aromatic ring is 1. The van der Waals surface area contributed by atoms with Crippen LogP contribution in [0.5, 0.6) is 0 Å². The SMILES string of the molecule is Nc1cc(Cl)cc2c1nc(NCCO)c1ccccc12. The van der Waals surface area contributed by atoms with Crippen LogP contribution < -0.4 is 11.1 Å². The van der Waals surface area contributed by atoms with Crippen molar-refractivity contribution in [1.82, 2.24) is 4.98 Å². The van der Waals surface area contributed by atoms with E-state index in [0.717, 1.165) is 22.0 Å². The zero-order valence-corrected chi connectivity index (χ0v) is 11.5. The van der Waals surface area contributed by atoms with Crippen LogP contribution in [0.15, 0.2) is 36.4 Å². The minimum atomic E-state index is 0.0458. The standard InChI is InChI=1S/C15H14ClN3O/c16-9-7-12-10-3-1-2-4-11(10)15(18-5-6-20)19-14(12)13(17)8-9/h1-4,7-8,20H,5-6,17H2,(H,18,19). The molecule has 4 N–H and O–H groups in total. The first kappa shape index (κ1) is 13.0. The fraction of sp³-hybridized carbons (Fsp3) is 0.133. The Morgan fingerprint density at radius 3 is 2.65 bits per heavy atom. The lowest BCUT2D eigenvalue weighted by atomic mass is 10.0. The van der Waals surface area contributed by atoms with Crippen LogP contribution in [-0.2, 0) is 0 Å². The topological polar surface area (TPSA) is 71.2 Å². The molecular weight excluding hydrogens is 274 g/mol. The highest BCUT2D eigenvalue weighted by Crippen LogP contribution is 2.33. The molecule has 0 aliphatic carbocycles. The second-order valence-corrected chi connectivity index (χ2v) is 4.98. The van der Waals surface area contributed by atoms with Crippen LogP contribution >= 0.6 is 11.6 Å². The van der Waals surface area contributed by atoms with Gasteiger partial charge < -0.3 is 16.2 Å². The summed E-state index contributed by atoms with van der Waals surface area (Å²) in [7, 11) is 0. The molecule has 0 saturated carbocycles. The van der Waals surface area contributed by atoms with E-state index in [1.807, 2.05) is 30.3 Å². The van der Waals surface area contributed by atoms with Gasteiger partial charge in [0, 0.05) is 22.3 Å². The Morgan fingerprint density at radius 1 is 1.15 bits per heavy atom. The van der Waals surface area contributed by atoms with E-state index < -0.39 is 0 Å². The number of fused-ring (bicyclic) bond motifs is 3. The Labute approximate surface area is 121 Å². The molecule has 0 fully saturated rings. The average Bonchev–Trinajstić information content (AvgIpc) is 2.45. The summed E-state index contributed by atoms with van der Waals surface area (Å²) in [6, 6.07) is 11.5. The number of rotatable bonds is 3. The van der Waals surface area contributed by atoms with Gasteiger partial charge in [0.2, 0.25) is 0 Å². The molecule has 0 aliphatic heterocycles. The molecule has 102 valence electrons. The summed E-state index contributed by atoms with van der Waals surface area (Å²) in [5, 5.41) is 15.6. The summed E-state index contributed by atoms with van der Waals surface area (Å²) < 4.78 is 0. The fourth-order valence-corrected chi connectivity index (χ4v) is 2.58. The monoisotopic (exact) mass is 287 g/mol. The number of nitrogens with one attached hydrogen (secondary N) is 1. The number of nitrogens with zero attached hydrogens (tertiary/aromatic N) is 1. The number of aliphatic hydroxyl groups is 1. The summed E-state index contributed by atoms with van der Waals surface area (Å²) in [4.78, 5) is 4.58. The summed E-state index contributed by atoms with van der Waals surface area (Å²) >= 11 is 6.09. The highest BCUT2D eigenvalue weighted by atomic mass is 35.5. The summed E-state index contributed by atoms with van der Waals surface area (Å²) in [5.41, 5.74) is 7.28. The molecule has 20 heavy (non-hydrogen) atoms. The van der Waals surface area contributed by atoms with Gasteiger partial charge in [-0.2, -0.15) is 0 Å². The molecule has 0 spiro atoms. The van der Waals surface area contributed by atoms with Crippen LogP contribution in [0, 0.1) is 0 Å². The molecule has 0 saturated heterocycles. The van der Waals surface area contributed by atoms with Gasteiger partial charge in [-0.1, -0.05) is 35.9 Å². The van der Waals surface area contributed by atoms with Crippen molar-refractivity contribution in [3.63, 3.8) is 0 Å². The maximum atomic E-state index is 8.97. The van der Waals surface area contributed by atoms with Gasteiger partial charge in [0.15, 0.2) is 0 Å². The molecule has 0 amide bonds. The summed E-state index contributed by atoms with van der Waals surface area (Å²) in [6.45, 7) is 0.486. The first-order chi connectivity index (χ1) is 9.70. The lowest BCUT2D eigenvalue weighted by Gasteiger charge is -2.12. The van der Waals surface area contributed by atoms with Gasteiger partial charge in [-0.3, -0.25) is 0 Å². The second-order valence-electron chi connectivity index (χ2n) is 4.55. The Kier molecular flexibility index (Phi) is 3.34. The van der Waals surface area contributed by atoms with Gasteiger partial charge >= 0.3 is 0 Å². The van der Waals surface area contributed by atoms with Crippen LogP contribution in [0.3, 0.4) is 0 Å². The number of aliphatic hydroxyl groups excluding tert-OH is 1. The van der Waals surface area contributed by atoms with E-state index in [2.05, 4.69) is 10.3 Å². The number of aromatic nitrogens is 1. The van der Waals surface area contributed by atoms with Gasteiger partial charge in [0.25, 0.3) is 0 Å². The molecule has 0 aliphatic rings. The fourth-order valence-electron chi connectivity index (χ4n) is 2.36. The van der Waals surface area contributed by atoms with Crippen molar-refractivity contribution in [2.75, 3.05) is 24.2 Å². The first-order valence-electron chi connectivity index (χ1n) is 6.33. The normalized spacial score (nSPS) is 11.1. The molecule has 5 heteroatoms. The molecule has 3 aromatic rings. The smallest absolute Gasteiger partial charge is 0.134 e. The minimum Gasteiger partial charge on any atom is -0.397 e. The molecule has 1 heterocycles. The molecule has 2 aromatic carbocycles. The van der Waals surface area contributed by atoms with E-state index in [4.69, 9.17) is 22.4 Å². The van der Waals surface area contributed by atoms with Crippen LogP contribution in [0.2, 0.25) is 5.02 Å². The third-order valence-corrected chi connectivity index (χ3v) is 3.42. The molecule has 0 atom stereocenters. The van der Waals surface area contributed by atoms with E-state index in [1.165, 1.54) is 0 Å². The van der Waals surface area contributed by atoms with E-state index in [9.17, 15) is 0 Å². The maximum absolute atomic E-state index is 8.97.